The lowest BCUT2D eigenvalue weighted by Crippen LogP contribution is -2.78. The maximum atomic E-state index is 13.6. The van der Waals surface area contributed by atoms with Gasteiger partial charge in [-0.2, -0.15) is 13.2 Å². The SMILES string of the molecule is COc1cc(F)cnc1N1CCC(c2nnc3n2-c2ccc(Cl)cc2CN(C24CC(C(F)(F)F)(C2)C4)C3)CC1. The second-order valence-corrected chi connectivity index (χ2v) is 11.8. The largest absolute Gasteiger partial charge is 0.493 e. The average molecular weight is 563 g/mol. The van der Waals surface area contributed by atoms with Crippen LogP contribution in [0.15, 0.2) is 30.5 Å². The lowest BCUT2D eigenvalue weighted by molar-refractivity contribution is -0.364. The number of aromatic nitrogens is 4. The Morgan fingerprint density at radius 1 is 1.05 bits per heavy atom. The van der Waals surface area contributed by atoms with Crippen LogP contribution in [0.25, 0.3) is 5.69 Å². The molecule has 0 radical (unpaired) electrons. The van der Waals surface area contributed by atoms with Crippen molar-refractivity contribution < 1.29 is 22.3 Å². The van der Waals surface area contributed by atoms with Gasteiger partial charge in [0.05, 0.1) is 31.0 Å². The molecule has 5 aliphatic rings. The molecule has 1 aromatic carbocycles. The molecule has 3 aliphatic carbocycles. The van der Waals surface area contributed by atoms with Crippen LogP contribution in [0.3, 0.4) is 0 Å². The van der Waals surface area contributed by atoms with Crippen LogP contribution < -0.4 is 9.64 Å². The summed E-state index contributed by atoms with van der Waals surface area (Å²) in [4.78, 5) is 8.50. The number of halogens is 5. The monoisotopic (exact) mass is 562 g/mol. The summed E-state index contributed by atoms with van der Waals surface area (Å²) in [6, 6.07) is 7.03. The number of anilines is 1. The highest BCUT2D eigenvalue weighted by atomic mass is 35.5. The van der Waals surface area contributed by atoms with Gasteiger partial charge in [0.15, 0.2) is 17.4 Å². The quantitative estimate of drug-likeness (QED) is 0.383. The van der Waals surface area contributed by atoms with E-state index in [2.05, 4.69) is 29.5 Å². The van der Waals surface area contributed by atoms with Gasteiger partial charge in [0.25, 0.3) is 0 Å². The van der Waals surface area contributed by atoms with Gasteiger partial charge in [-0.05, 0) is 55.9 Å². The smallest absolute Gasteiger partial charge is 0.394 e. The number of hydrogen-bond donors (Lipinski definition) is 0. The molecule has 8 rings (SSSR count). The Labute approximate surface area is 227 Å². The summed E-state index contributed by atoms with van der Waals surface area (Å²) < 4.78 is 61.8. The van der Waals surface area contributed by atoms with E-state index >= 15 is 0 Å². The van der Waals surface area contributed by atoms with Gasteiger partial charge in [-0.1, -0.05) is 11.6 Å². The standard InChI is InChI=1S/C27H27ClF4N6O/c1-39-21-9-19(29)10-33-24(21)36-6-4-16(5-7-36)23-35-34-22-12-37(26-13-25(14-26,15-26)27(30,31)32)11-17-8-18(28)2-3-20(17)38(22)23/h2-3,8-10,16H,4-7,11-15H2,1H3. The topological polar surface area (TPSA) is 59.3 Å². The van der Waals surface area contributed by atoms with E-state index in [0.29, 0.717) is 42.8 Å². The van der Waals surface area contributed by atoms with Crippen LogP contribution in [-0.4, -0.2) is 56.6 Å². The number of ether oxygens (including phenoxy) is 1. The zero-order chi connectivity index (χ0) is 27.2. The number of rotatable bonds is 4. The zero-order valence-electron chi connectivity index (χ0n) is 21.3. The molecule has 4 fully saturated rings. The summed E-state index contributed by atoms with van der Waals surface area (Å²) in [6.45, 7) is 2.32. The van der Waals surface area contributed by atoms with E-state index in [0.717, 1.165) is 35.7 Å². The minimum absolute atomic E-state index is 0.118. The van der Waals surface area contributed by atoms with Gasteiger partial charge in [-0.15, -0.1) is 10.2 Å². The number of hydrogen-bond acceptors (Lipinski definition) is 6. The predicted molar refractivity (Wildman–Crippen MR) is 136 cm³/mol. The summed E-state index contributed by atoms with van der Waals surface area (Å²) in [7, 11) is 1.50. The van der Waals surface area contributed by atoms with E-state index in [1.165, 1.54) is 19.4 Å². The van der Waals surface area contributed by atoms with Gasteiger partial charge < -0.3 is 9.64 Å². The molecule has 2 bridgehead atoms. The molecule has 0 N–H and O–H groups in total. The third-order valence-corrected chi connectivity index (χ3v) is 9.42. The first kappa shape index (κ1) is 25.1. The Morgan fingerprint density at radius 3 is 2.49 bits per heavy atom. The predicted octanol–water partition coefficient (Wildman–Crippen LogP) is 5.65. The van der Waals surface area contributed by atoms with Crippen LogP contribution >= 0.6 is 11.6 Å². The van der Waals surface area contributed by atoms with E-state index in [1.54, 1.807) is 0 Å². The van der Waals surface area contributed by atoms with Crippen molar-refractivity contribution in [2.45, 2.75) is 62.8 Å². The van der Waals surface area contributed by atoms with Crippen LogP contribution in [0.1, 0.15) is 55.2 Å². The lowest BCUT2D eigenvalue weighted by atomic mass is 9.38. The van der Waals surface area contributed by atoms with E-state index in [9.17, 15) is 17.6 Å². The Bertz CT molecular complexity index is 1430. The van der Waals surface area contributed by atoms with Crippen LogP contribution in [0.2, 0.25) is 5.02 Å². The molecule has 2 aromatic heterocycles. The number of benzene rings is 1. The molecule has 4 heterocycles. The molecule has 0 unspecified atom stereocenters. The third kappa shape index (κ3) is 3.76. The maximum Gasteiger partial charge on any atom is 0.394 e. The Hall–Kier alpha value is -2.92. The normalized spacial score (nSPS) is 26.8. The highest BCUT2D eigenvalue weighted by Crippen LogP contribution is 2.75. The summed E-state index contributed by atoms with van der Waals surface area (Å²) in [5.74, 6) is 2.27. The van der Waals surface area contributed by atoms with E-state index in [4.69, 9.17) is 16.3 Å². The van der Waals surface area contributed by atoms with Crippen LogP contribution in [0.4, 0.5) is 23.4 Å². The van der Waals surface area contributed by atoms with Crippen LogP contribution in [0, 0.1) is 11.2 Å². The zero-order valence-corrected chi connectivity index (χ0v) is 22.1. The molecule has 3 saturated carbocycles. The molecule has 0 atom stereocenters. The first-order chi connectivity index (χ1) is 18.6. The Balaban J connectivity index is 1.16. The van der Waals surface area contributed by atoms with Gasteiger partial charge in [0.1, 0.15) is 11.6 Å². The number of methoxy groups -OCH3 is 1. The molecule has 206 valence electrons. The highest BCUT2D eigenvalue weighted by molar-refractivity contribution is 6.30. The average Bonchev–Trinajstić information content (AvgIpc) is 3.18. The van der Waals surface area contributed by atoms with Gasteiger partial charge in [0, 0.05) is 42.2 Å². The fraction of sp³-hybridized carbons (Fsp3) is 0.519. The molecule has 12 heteroatoms. The van der Waals surface area contributed by atoms with Crippen LogP contribution in [-0.2, 0) is 13.1 Å². The molecular formula is C27H27ClF4N6O. The second-order valence-electron chi connectivity index (χ2n) is 11.4. The van der Waals surface area contributed by atoms with Gasteiger partial charge in [0.2, 0.25) is 0 Å². The van der Waals surface area contributed by atoms with Crippen molar-refractivity contribution >= 4 is 17.4 Å². The minimum atomic E-state index is -4.16. The van der Waals surface area contributed by atoms with Crippen molar-refractivity contribution in [3.63, 3.8) is 0 Å². The molecule has 0 amide bonds. The number of pyridine rings is 1. The Morgan fingerprint density at radius 2 is 1.79 bits per heavy atom. The minimum Gasteiger partial charge on any atom is -0.493 e. The second kappa shape index (κ2) is 8.54. The lowest BCUT2D eigenvalue weighted by Gasteiger charge is -2.73. The van der Waals surface area contributed by atoms with Crippen molar-refractivity contribution in [3.8, 4) is 11.4 Å². The first-order valence-corrected chi connectivity index (χ1v) is 13.5. The van der Waals surface area contributed by atoms with E-state index in [-0.39, 0.29) is 25.2 Å². The van der Waals surface area contributed by atoms with Crippen molar-refractivity contribution in [1.29, 1.82) is 0 Å². The summed E-state index contributed by atoms with van der Waals surface area (Å²) in [5, 5.41) is 9.77. The van der Waals surface area contributed by atoms with E-state index in [1.807, 2.05) is 18.2 Å². The number of fused-ring (bicyclic) bond motifs is 3. The van der Waals surface area contributed by atoms with Gasteiger partial charge in [-0.25, -0.2) is 9.37 Å². The van der Waals surface area contributed by atoms with Crippen LogP contribution in [0.5, 0.6) is 5.75 Å². The highest BCUT2D eigenvalue weighted by Gasteiger charge is 2.79. The molecular weight excluding hydrogens is 536 g/mol. The van der Waals surface area contributed by atoms with Gasteiger partial charge in [-0.3, -0.25) is 9.47 Å². The first-order valence-electron chi connectivity index (χ1n) is 13.1. The molecule has 0 spiro atoms. The molecule has 3 aromatic rings. The van der Waals surface area contributed by atoms with Crippen molar-refractivity contribution in [2.75, 3.05) is 25.1 Å². The van der Waals surface area contributed by atoms with Gasteiger partial charge >= 0.3 is 6.18 Å². The molecule has 39 heavy (non-hydrogen) atoms. The fourth-order valence-corrected chi connectivity index (χ4v) is 7.34. The number of alkyl halides is 3. The van der Waals surface area contributed by atoms with Crippen molar-refractivity contribution in [2.24, 2.45) is 5.41 Å². The molecule has 7 nitrogen and oxygen atoms in total. The summed E-state index contributed by atoms with van der Waals surface area (Å²) in [5.41, 5.74) is -0.0852. The maximum absolute atomic E-state index is 13.6. The molecule has 1 saturated heterocycles. The van der Waals surface area contributed by atoms with E-state index < -0.39 is 22.9 Å². The Kier molecular flexibility index (Phi) is 5.49. The molecule has 2 aliphatic heterocycles. The third-order valence-electron chi connectivity index (χ3n) is 9.18. The van der Waals surface area contributed by atoms with Crippen molar-refractivity contribution in [1.82, 2.24) is 24.6 Å². The summed E-state index contributed by atoms with van der Waals surface area (Å²) >= 11 is 6.38. The number of piperidine rings is 1. The summed E-state index contributed by atoms with van der Waals surface area (Å²) in [6.07, 6.45) is -0.981. The van der Waals surface area contributed by atoms with Crippen molar-refractivity contribution in [3.05, 3.63) is 58.5 Å². The number of nitrogens with zero attached hydrogens (tertiary/aromatic N) is 6. The fourth-order valence-electron chi connectivity index (χ4n) is 7.15.